The molecular weight excluding hydrogens is 283 g/mol. The summed E-state index contributed by atoms with van der Waals surface area (Å²) in [5.74, 6) is 1.78. The smallest absolute Gasteiger partial charge is 0.229 e. The zero-order valence-corrected chi connectivity index (χ0v) is 12.3. The van der Waals surface area contributed by atoms with E-state index in [2.05, 4.69) is 20.4 Å². The number of piperazine rings is 1. The quantitative estimate of drug-likeness (QED) is 0.938. The average molecular weight is 302 g/mol. The van der Waals surface area contributed by atoms with Gasteiger partial charge in [-0.2, -0.15) is 4.98 Å². The van der Waals surface area contributed by atoms with Gasteiger partial charge in [0.2, 0.25) is 5.89 Å². The monoisotopic (exact) mass is 302 g/mol. The van der Waals surface area contributed by atoms with Gasteiger partial charge in [0.25, 0.3) is 0 Å². The van der Waals surface area contributed by atoms with Crippen LogP contribution >= 0.6 is 0 Å². The molecule has 5 nitrogen and oxygen atoms in total. The number of aromatic nitrogens is 2. The zero-order valence-electron chi connectivity index (χ0n) is 12.3. The Morgan fingerprint density at radius 3 is 3.09 bits per heavy atom. The van der Waals surface area contributed by atoms with Crippen LogP contribution in [0.5, 0.6) is 0 Å². The maximum atomic E-state index is 13.5. The standard InChI is InChI=1S/C16H19FN4O/c17-13-3-1-2-12(8-13)14-9-18-6-7-21(14)10-15-19-16(22-20-15)11-4-5-11/h1-3,8,11,14,18H,4-7,9-10H2. The van der Waals surface area contributed by atoms with E-state index in [1.807, 2.05) is 6.07 Å². The molecule has 2 aromatic rings. The maximum absolute atomic E-state index is 13.5. The van der Waals surface area contributed by atoms with Gasteiger partial charge < -0.3 is 9.84 Å². The van der Waals surface area contributed by atoms with Crippen molar-refractivity contribution in [2.75, 3.05) is 19.6 Å². The molecule has 0 radical (unpaired) electrons. The summed E-state index contributed by atoms with van der Waals surface area (Å²) >= 11 is 0. The molecule has 116 valence electrons. The molecular formula is C16H19FN4O. The van der Waals surface area contributed by atoms with Gasteiger partial charge in [0.1, 0.15) is 5.82 Å². The van der Waals surface area contributed by atoms with Crippen LogP contribution in [0.25, 0.3) is 0 Å². The van der Waals surface area contributed by atoms with E-state index in [0.717, 1.165) is 49.8 Å². The van der Waals surface area contributed by atoms with Crippen molar-refractivity contribution in [3.8, 4) is 0 Å². The third-order valence-corrected chi connectivity index (χ3v) is 4.34. The molecule has 2 fully saturated rings. The minimum Gasteiger partial charge on any atom is -0.339 e. The summed E-state index contributed by atoms with van der Waals surface area (Å²) in [6.45, 7) is 3.24. The van der Waals surface area contributed by atoms with Crippen LogP contribution in [-0.4, -0.2) is 34.7 Å². The van der Waals surface area contributed by atoms with Gasteiger partial charge in [-0.3, -0.25) is 4.90 Å². The molecule has 1 saturated heterocycles. The molecule has 1 aliphatic carbocycles. The van der Waals surface area contributed by atoms with Crippen LogP contribution in [0.3, 0.4) is 0 Å². The first-order valence-corrected chi connectivity index (χ1v) is 7.82. The number of rotatable bonds is 4. The van der Waals surface area contributed by atoms with Crippen molar-refractivity contribution in [2.45, 2.75) is 31.3 Å². The summed E-state index contributed by atoms with van der Waals surface area (Å²) in [5, 5.41) is 7.47. The number of hydrogen-bond acceptors (Lipinski definition) is 5. The minimum atomic E-state index is -0.196. The fourth-order valence-corrected chi connectivity index (χ4v) is 2.99. The van der Waals surface area contributed by atoms with Crippen molar-refractivity contribution in [1.82, 2.24) is 20.4 Å². The van der Waals surface area contributed by atoms with Gasteiger partial charge in [0.15, 0.2) is 5.82 Å². The molecule has 6 heteroatoms. The summed E-state index contributed by atoms with van der Waals surface area (Å²) in [4.78, 5) is 6.78. The fraction of sp³-hybridized carbons (Fsp3) is 0.500. The van der Waals surface area contributed by atoms with Crippen molar-refractivity contribution in [3.63, 3.8) is 0 Å². The topological polar surface area (TPSA) is 54.2 Å². The Morgan fingerprint density at radius 1 is 1.36 bits per heavy atom. The van der Waals surface area contributed by atoms with Crippen molar-refractivity contribution in [3.05, 3.63) is 47.4 Å². The largest absolute Gasteiger partial charge is 0.339 e. The van der Waals surface area contributed by atoms with Gasteiger partial charge >= 0.3 is 0 Å². The molecule has 4 rings (SSSR count). The zero-order chi connectivity index (χ0) is 14.9. The Labute approximate surface area is 128 Å². The van der Waals surface area contributed by atoms with Crippen LogP contribution in [0.4, 0.5) is 4.39 Å². The van der Waals surface area contributed by atoms with Crippen LogP contribution in [-0.2, 0) is 6.54 Å². The second-order valence-electron chi connectivity index (χ2n) is 6.07. The lowest BCUT2D eigenvalue weighted by Gasteiger charge is -2.35. The summed E-state index contributed by atoms with van der Waals surface area (Å²) in [6, 6.07) is 6.95. The summed E-state index contributed by atoms with van der Waals surface area (Å²) in [7, 11) is 0. The van der Waals surface area contributed by atoms with Crippen LogP contribution in [0.15, 0.2) is 28.8 Å². The Morgan fingerprint density at radius 2 is 2.27 bits per heavy atom. The number of benzene rings is 1. The predicted octanol–water partition coefficient (Wildman–Crippen LogP) is 2.23. The Hall–Kier alpha value is -1.79. The number of nitrogens with zero attached hydrogens (tertiary/aromatic N) is 3. The molecule has 2 aliphatic rings. The van der Waals surface area contributed by atoms with Crippen molar-refractivity contribution in [1.29, 1.82) is 0 Å². The van der Waals surface area contributed by atoms with E-state index >= 15 is 0 Å². The lowest BCUT2D eigenvalue weighted by Crippen LogP contribution is -2.45. The first-order chi connectivity index (χ1) is 10.8. The van der Waals surface area contributed by atoms with Crippen LogP contribution in [0.1, 0.15) is 42.1 Å². The number of nitrogens with one attached hydrogen (secondary N) is 1. The lowest BCUT2D eigenvalue weighted by atomic mass is 10.0. The highest BCUT2D eigenvalue weighted by Gasteiger charge is 2.31. The molecule has 1 N–H and O–H groups in total. The molecule has 2 heterocycles. The van der Waals surface area contributed by atoms with E-state index in [9.17, 15) is 4.39 Å². The predicted molar refractivity (Wildman–Crippen MR) is 78.7 cm³/mol. The van der Waals surface area contributed by atoms with E-state index in [0.29, 0.717) is 12.5 Å². The highest BCUT2D eigenvalue weighted by molar-refractivity contribution is 5.21. The SMILES string of the molecule is Fc1cccc(C2CNCCN2Cc2noc(C3CC3)n2)c1. The molecule has 1 aromatic carbocycles. The first-order valence-electron chi connectivity index (χ1n) is 7.82. The third kappa shape index (κ3) is 2.89. The molecule has 0 bridgehead atoms. The van der Waals surface area contributed by atoms with E-state index < -0.39 is 0 Å². The van der Waals surface area contributed by atoms with Crippen LogP contribution in [0, 0.1) is 5.82 Å². The highest BCUT2D eigenvalue weighted by Crippen LogP contribution is 2.39. The van der Waals surface area contributed by atoms with Crippen molar-refractivity contribution >= 4 is 0 Å². The molecule has 0 spiro atoms. The molecule has 22 heavy (non-hydrogen) atoms. The molecule has 1 unspecified atom stereocenters. The van der Waals surface area contributed by atoms with Gasteiger partial charge in [-0.1, -0.05) is 17.3 Å². The van der Waals surface area contributed by atoms with E-state index in [1.165, 1.54) is 6.07 Å². The van der Waals surface area contributed by atoms with Crippen LogP contribution in [0.2, 0.25) is 0 Å². The number of hydrogen-bond donors (Lipinski definition) is 1. The van der Waals surface area contributed by atoms with E-state index in [-0.39, 0.29) is 11.9 Å². The molecule has 1 saturated carbocycles. The minimum absolute atomic E-state index is 0.132. The summed E-state index contributed by atoms with van der Waals surface area (Å²) < 4.78 is 18.8. The van der Waals surface area contributed by atoms with E-state index in [1.54, 1.807) is 12.1 Å². The fourth-order valence-electron chi connectivity index (χ4n) is 2.99. The normalized spacial score (nSPS) is 22.9. The first kappa shape index (κ1) is 13.8. The molecule has 1 atom stereocenters. The second-order valence-corrected chi connectivity index (χ2v) is 6.07. The van der Waals surface area contributed by atoms with Crippen molar-refractivity contribution < 1.29 is 8.91 Å². The lowest BCUT2D eigenvalue weighted by molar-refractivity contribution is 0.148. The summed E-state index contributed by atoms with van der Waals surface area (Å²) in [6.07, 6.45) is 2.31. The number of halogens is 1. The third-order valence-electron chi connectivity index (χ3n) is 4.34. The van der Waals surface area contributed by atoms with Gasteiger partial charge in [0, 0.05) is 31.6 Å². The molecule has 1 aromatic heterocycles. The maximum Gasteiger partial charge on any atom is 0.229 e. The average Bonchev–Trinajstić information content (AvgIpc) is 3.28. The van der Waals surface area contributed by atoms with E-state index in [4.69, 9.17) is 4.52 Å². The molecule has 0 amide bonds. The second kappa shape index (κ2) is 5.78. The molecule has 1 aliphatic heterocycles. The Kier molecular flexibility index (Phi) is 3.63. The van der Waals surface area contributed by atoms with Gasteiger partial charge in [-0.05, 0) is 30.5 Å². The summed E-state index contributed by atoms with van der Waals surface area (Å²) in [5.41, 5.74) is 0.984. The van der Waals surface area contributed by atoms with Crippen molar-refractivity contribution in [2.24, 2.45) is 0 Å². The van der Waals surface area contributed by atoms with Crippen LogP contribution < -0.4 is 5.32 Å². The highest BCUT2D eigenvalue weighted by atomic mass is 19.1. The van der Waals surface area contributed by atoms with Gasteiger partial charge in [-0.15, -0.1) is 0 Å². The van der Waals surface area contributed by atoms with Gasteiger partial charge in [-0.25, -0.2) is 4.39 Å². The Bertz CT molecular complexity index is 655. The van der Waals surface area contributed by atoms with Gasteiger partial charge in [0.05, 0.1) is 6.54 Å². The Balaban J connectivity index is 1.52.